The number of methoxy groups -OCH3 is 1. The lowest BCUT2D eigenvalue weighted by Crippen LogP contribution is -2.06. The van der Waals surface area contributed by atoms with Crippen molar-refractivity contribution in [3.63, 3.8) is 0 Å². The number of aromatic nitrogens is 2. The fourth-order valence-corrected chi connectivity index (χ4v) is 4.29. The second kappa shape index (κ2) is 11.1. The Morgan fingerprint density at radius 1 is 1.09 bits per heavy atom. The molecule has 0 bridgehead atoms. The van der Waals surface area contributed by atoms with Crippen LogP contribution in [-0.4, -0.2) is 22.9 Å². The quantitative estimate of drug-likeness (QED) is 0.361. The molecule has 0 unspecified atom stereocenters. The number of anilines is 2. The predicted octanol–water partition coefficient (Wildman–Crippen LogP) is 6.59. The summed E-state index contributed by atoms with van der Waals surface area (Å²) in [7, 11) is 1.37. The number of halogens is 1. The van der Waals surface area contributed by atoms with Gasteiger partial charge in [-0.3, -0.25) is 4.79 Å². The van der Waals surface area contributed by atoms with Crippen molar-refractivity contribution in [2.45, 2.75) is 58.0 Å². The van der Waals surface area contributed by atoms with E-state index >= 15 is 0 Å². The largest absolute Gasteiger partial charge is 0.494 e. The third-order valence-corrected chi connectivity index (χ3v) is 6.24. The smallest absolute Gasteiger partial charge is 0.227 e. The molecule has 1 heterocycles. The van der Waals surface area contributed by atoms with E-state index in [1.807, 2.05) is 0 Å². The van der Waals surface area contributed by atoms with Crippen molar-refractivity contribution in [2.24, 2.45) is 0 Å². The van der Waals surface area contributed by atoms with Gasteiger partial charge in [0.1, 0.15) is 6.61 Å². The molecule has 1 aliphatic rings. The van der Waals surface area contributed by atoms with E-state index in [0.717, 1.165) is 5.69 Å². The normalized spacial score (nSPS) is 14.0. The zero-order valence-corrected chi connectivity index (χ0v) is 19.6. The third-order valence-electron chi connectivity index (χ3n) is 6.24. The SMILES string of the molecule is CCC(=O)c1cc(COc2cnc(Nc3ccc(C4CCCCC4)cc3)nc2)c(F)c(OC)c1. The molecule has 6 nitrogen and oxygen atoms in total. The highest BCUT2D eigenvalue weighted by atomic mass is 19.1. The second-order valence-electron chi connectivity index (χ2n) is 8.54. The third kappa shape index (κ3) is 5.71. The van der Waals surface area contributed by atoms with Crippen LogP contribution in [-0.2, 0) is 6.61 Å². The first-order chi connectivity index (χ1) is 16.6. The van der Waals surface area contributed by atoms with Crippen molar-refractivity contribution in [3.05, 3.63) is 71.3 Å². The van der Waals surface area contributed by atoms with Crippen LogP contribution >= 0.6 is 0 Å². The Bertz CT molecular complexity index is 1110. The van der Waals surface area contributed by atoms with E-state index in [2.05, 4.69) is 39.6 Å². The molecular formula is C27H30FN3O3. The molecule has 34 heavy (non-hydrogen) atoms. The van der Waals surface area contributed by atoms with Gasteiger partial charge in [-0.15, -0.1) is 0 Å². The number of ether oxygens (including phenoxy) is 2. The number of rotatable bonds is 9. The monoisotopic (exact) mass is 463 g/mol. The molecule has 0 saturated heterocycles. The highest BCUT2D eigenvalue weighted by molar-refractivity contribution is 5.96. The maximum absolute atomic E-state index is 14.6. The Balaban J connectivity index is 1.37. The van der Waals surface area contributed by atoms with Crippen LogP contribution in [0.4, 0.5) is 16.0 Å². The number of nitrogens with zero attached hydrogens (tertiary/aromatic N) is 2. The molecule has 0 radical (unpaired) electrons. The molecule has 1 aromatic heterocycles. The molecule has 0 aliphatic heterocycles. The summed E-state index contributed by atoms with van der Waals surface area (Å²) in [5.74, 6) is 0.880. The van der Waals surface area contributed by atoms with Crippen LogP contribution in [0.2, 0.25) is 0 Å². The topological polar surface area (TPSA) is 73.3 Å². The number of nitrogens with one attached hydrogen (secondary N) is 1. The lowest BCUT2D eigenvalue weighted by Gasteiger charge is -2.22. The molecule has 2 aromatic carbocycles. The van der Waals surface area contributed by atoms with E-state index in [4.69, 9.17) is 9.47 Å². The van der Waals surface area contributed by atoms with Gasteiger partial charge in [0.05, 0.1) is 19.5 Å². The van der Waals surface area contributed by atoms with Gasteiger partial charge in [0, 0.05) is 23.2 Å². The lowest BCUT2D eigenvalue weighted by molar-refractivity contribution is 0.0987. The summed E-state index contributed by atoms with van der Waals surface area (Å²) >= 11 is 0. The molecular weight excluding hydrogens is 433 g/mol. The van der Waals surface area contributed by atoms with E-state index in [-0.39, 0.29) is 23.7 Å². The van der Waals surface area contributed by atoms with Crippen molar-refractivity contribution in [1.82, 2.24) is 9.97 Å². The molecule has 4 rings (SSSR count). The molecule has 1 saturated carbocycles. The van der Waals surface area contributed by atoms with Gasteiger partial charge in [-0.2, -0.15) is 0 Å². The maximum atomic E-state index is 14.6. The van der Waals surface area contributed by atoms with Gasteiger partial charge < -0.3 is 14.8 Å². The first-order valence-corrected chi connectivity index (χ1v) is 11.8. The zero-order valence-electron chi connectivity index (χ0n) is 19.6. The number of carbonyl (C=O) groups is 1. The van der Waals surface area contributed by atoms with Crippen LogP contribution < -0.4 is 14.8 Å². The van der Waals surface area contributed by atoms with E-state index < -0.39 is 5.82 Å². The Kier molecular flexibility index (Phi) is 7.72. The zero-order chi connectivity index (χ0) is 23.9. The summed E-state index contributed by atoms with van der Waals surface area (Å²) in [6.45, 7) is 1.68. The summed E-state index contributed by atoms with van der Waals surface area (Å²) in [5.41, 5.74) is 2.93. The van der Waals surface area contributed by atoms with Crippen molar-refractivity contribution in [3.8, 4) is 11.5 Å². The van der Waals surface area contributed by atoms with Gasteiger partial charge in [-0.1, -0.05) is 38.3 Å². The van der Waals surface area contributed by atoms with Gasteiger partial charge in [0.2, 0.25) is 5.95 Å². The summed E-state index contributed by atoms with van der Waals surface area (Å²) < 4.78 is 25.4. The predicted molar refractivity (Wildman–Crippen MR) is 129 cm³/mol. The van der Waals surface area contributed by atoms with Gasteiger partial charge >= 0.3 is 0 Å². The fourth-order valence-electron chi connectivity index (χ4n) is 4.29. The van der Waals surface area contributed by atoms with Crippen LogP contribution in [0, 0.1) is 5.82 Å². The van der Waals surface area contributed by atoms with Gasteiger partial charge in [-0.25, -0.2) is 14.4 Å². The van der Waals surface area contributed by atoms with Crippen LogP contribution in [0.5, 0.6) is 11.5 Å². The maximum Gasteiger partial charge on any atom is 0.227 e. The minimum absolute atomic E-state index is 0.0169. The number of ketones is 1. The molecule has 1 fully saturated rings. The Morgan fingerprint density at radius 2 is 1.79 bits per heavy atom. The Morgan fingerprint density at radius 3 is 2.44 bits per heavy atom. The number of carbonyl (C=O) groups excluding carboxylic acids is 1. The second-order valence-corrected chi connectivity index (χ2v) is 8.54. The van der Waals surface area contributed by atoms with Crippen LogP contribution in [0.25, 0.3) is 0 Å². The highest BCUT2D eigenvalue weighted by Gasteiger charge is 2.16. The molecule has 3 aromatic rings. The van der Waals surface area contributed by atoms with E-state index in [0.29, 0.717) is 29.6 Å². The van der Waals surface area contributed by atoms with Crippen molar-refractivity contribution >= 4 is 17.4 Å². The average Bonchev–Trinajstić information content (AvgIpc) is 2.89. The standard InChI is InChI=1S/C27H30FN3O3/c1-3-24(32)20-13-21(26(28)25(14-20)33-2)17-34-23-15-29-27(30-16-23)31-22-11-9-19(10-12-22)18-7-5-4-6-8-18/h9-16,18H,3-8,17H2,1-2H3,(H,29,30,31). The average molecular weight is 464 g/mol. The first kappa shape index (κ1) is 23.7. The number of hydrogen-bond donors (Lipinski definition) is 1. The van der Waals surface area contributed by atoms with Crippen LogP contribution in [0.3, 0.4) is 0 Å². The Hall–Kier alpha value is -3.48. The lowest BCUT2D eigenvalue weighted by atomic mass is 9.84. The van der Waals surface area contributed by atoms with E-state index in [9.17, 15) is 9.18 Å². The molecule has 0 amide bonds. The fraction of sp³-hybridized carbons (Fsp3) is 0.370. The summed E-state index contributed by atoms with van der Waals surface area (Å²) in [5, 5.41) is 3.19. The summed E-state index contributed by atoms with van der Waals surface area (Å²) in [4.78, 5) is 20.6. The van der Waals surface area contributed by atoms with Crippen LogP contribution in [0.1, 0.15) is 72.9 Å². The van der Waals surface area contributed by atoms with Crippen LogP contribution in [0.15, 0.2) is 48.8 Å². The minimum Gasteiger partial charge on any atom is -0.494 e. The minimum atomic E-state index is -0.550. The van der Waals surface area contributed by atoms with Gasteiger partial charge in [0.15, 0.2) is 23.1 Å². The van der Waals surface area contributed by atoms with Crippen molar-refractivity contribution < 1.29 is 18.7 Å². The van der Waals surface area contributed by atoms with E-state index in [1.165, 1.54) is 69.3 Å². The summed E-state index contributed by atoms with van der Waals surface area (Å²) in [6, 6.07) is 11.4. The molecule has 0 atom stereocenters. The molecule has 1 aliphatic carbocycles. The van der Waals surface area contributed by atoms with Crippen molar-refractivity contribution in [2.75, 3.05) is 12.4 Å². The molecule has 1 N–H and O–H groups in total. The van der Waals surface area contributed by atoms with Gasteiger partial charge in [-0.05, 0) is 48.6 Å². The van der Waals surface area contributed by atoms with Gasteiger partial charge in [0.25, 0.3) is 0 Å². The van der Waals surface area contributed by atoms with Crippen molar-refractivity contribution in [1.29, 1.82) is 0 Å². The molecule has 0 spiro atoms. The number of hydrogen-bond acceptors (Lipinski definition) is 6. The number of benzene rings is 2. The molecule has 7 heteroatoms. The first-order valence-electron chi connectivity index (χ1n) is 11.8. The summed E-state index contributed by atoms with van der Waals surface area (Å²) in [6.07, 6.45) is 9.90. The van der Waals surface area contributed by atoms with E-state index in [1.54, 1.807) is 6.92 Å². The molecule has 178 valence electrons. The number of Topliss-reactive ketones (excluding diaryl/α,β-unsaturated/α-hetero) is 1. The Labute approximate surface area is 199 Å². The highest BCUT2D eigenvalue weighted by Crippen LogP contribution is 2.33.